The Balaban J connectivity index is 1.47. The fraction of sp³-hybridized carbons (Fsp3) is 0.360. The topological polar surface area (TPSA) is 118 Å². The van der Waals surface area contributed by atoms with E-state index in [9.17, 15) is 9.59 Å². The molecule has 36 heavy (non-hydrogen) atoms. The number of amides is 2. The standard InChI is InChI=1S/C25H28N8O2S/c1-4-26-23(35)31-24-30-20-10-16(9-19(21(20)36-24)18-13-29-32(3)14-18)17-11-27-22(28-12-17)33-7-5-25(2,15-34)6-8-33/h9-15H,4-8H2,1-3H3,(H2,26,30,31,35). The number of anilines is 2. The van der Waals surface area contributed by atoms with Gasteiger partial charge in [-0.05, 0) is 37.5 Å². The third-order valence-electron chi connectivity index (χ3n) is 6.51. The highest BCUT2D eigenvalue weighted by atomic mass is 32.1. The van der Waals surface area contributed by atoms with E-state index >= 15 is 0 Å². The maximum atomic E-state index is 12.0. The predicted octanol–water partition coefficient (Wildman–Crippen LogP) is 4.10. The number of rotatable bonds is 6. The number of hydrogen-bond donors (Lipinski definition) is 2. The third kappa shape index (κ3) is 4.78. The summed E-state index contributed by atoms with van der Waals surface area (Å²) in [4.78, 5) is 39.5. The van der Waals surface area contributed by atoms with Crippen LogP contribution < -0.4 is 15.5 Å². The first kappa shape index (κ1) is 23.9. The van der Waals surface area contributed by atoms with Crippen molar-refractivity contribution in [3.8, 4) is 22.3 Å². The molecule has 1 aromatic carbocycles. The van der Waals surface area contributed by atoms with Gasteiger partial charge in [0.05, 0.1) is 16.4 Å². The van der Waals surface area contributed by atoms with Gasteiger partial charge in [-0.1, -0.05) is 18.3 Å². The number of piperidine rings is 1. The van der Waals surface area contributed by atoms with E-state index in [1.807, 2.05) is 51.7 Å². The van der Waals surface area contributed by atoms with Gasteiger partial charge in [0.15, 0.2) is 5.13 Å². The molecule has 1 aliphatic rings. The summed E-state index contributed by atoms with van der Waals surface area (Å²) in [6, 6.07) is 3.79. The summed E-state index contributed by atoms with van der Waals surface area (Å²) in [5.41, 5.74) is 4.25. The van der Waals surface area contributed by atoms with Gasteiger partial charge in [0.1, 0.15) is 6.29 Å². The van der Waals surface area contributed by atoms with Crippen molar-refractivity contribution in [1.29, 1.82) is 0 Å². The largest absolute Gasteiger partial charge is 0.341 e. The number of nitrogens with zero attached hydrogens (tertiary/aromatic N) is 6. The lowest BCUT2D eigenvalue weighted by atomic mass is 9.82. The van der Waals surface area contributed by atoms with Crippen molar-refractivity contribution in [2.75, 3.05) is 29.9 Å². The molecule has 11 heteroatoms. The van der Waals surface area contributed by atoms with Crippen LogP contribution in [0.3, 0.4) is 0 Å². The summed E-state index contributed by atoms with van der Waals surface area (Å²) >= 11 is 1.43. The number of urea groups is 1. The number of fused-ring (bicyclic) bond motifs is 1. The smallest absolute Gasteiger partial charge is 0.321 e. The van der Waals surface area contributed by atoms with Crippen molar-refractivity contribution >= 4 is 45.0 Å². The summed E-state index contributed by atoms with van der Waals surface area (Å²) < 4.78 is 2.72. The molecule has 10 nitrogen and oxygen atoms in total. The minimum absolute atomic E-state index is 0.257. The van der Waals surface area contributed by atoms with Gasteiger partial charge in [-0.25, -0.2) is 19.7 Å². The number of carbonyl (C=O) groups excluding carboxylic acids is 2. The van der Waals surface area contributed by atoms with Crippen molar-refractivity contribution in [3.05, 3.63) is 36.9 Å². The lowest BCUT2D eigenvalue weighted by molar-refractivity contribution is -0.116. The molecular weight excluding hydrogens is 476 g/mol. The molecule has 5 rings (SSSR count). The molecule has 1 saturated heterocycles. The van der Waals surface area contributed by atoms with Crippen LogP contribution in [-0.2, 0) is 11.8 Å². The van der Waals surface area contributed by atoms with Crippen LogP contribution in [0.2, 0.25) is 0 Å². The Morgan fingerprint density at radius 1 is 1.14 bits per heavy atom. The Kier molecular flexibility index (Phi) is 6.40. The third-order valence-corrected chi connectivity index (χ3v) is 7.53. The Hall–Kier alpha value is -3.86. The van der Waals surface area contributed by atoms with Crippen LogP contribution >= 0.6 is 11.3 Å². The number of aryl methyl sites for hydroxylation is 1. The lowest BCUT2D eigenvalue weighted by Crippen LogP contribution is -2.40. The van der Waals surface area contributed by atoms with E-state index in [-0.39, 0.29) is 11.4 Å². The van der Waals surface area contributed by atoms with E-state index in [0.29, 0.717) is 17.6 Å². The van der Waals surface area contributed by atoms with Crippen molar-refractivity contribution < 1.29 is 9.59 Å². The number of aldehydes is 1. The number of hydrogen-bond acceptors (Lipinski definition) is 8. The Labute approximate surface area is 212 Å². The quantitative estimate of drug-likeness (QED) is 0.380. The second kappa shape index (κ2) is 9.65. The average molecular weight is 505 g/mol. The molecule has 0 bridgehead atoms. The average Bonchev–Trinajstić information content (AvgIpc) is 3.49. The molecule has 186 valence electrons. The molecule has 4 aromatic rings. The van der Waals surface area contributed by atoms with Crippen LogP contribution in [0.4, 0.5) is 15.9 Å². The molecule has 3 aromatic heterocycles. The van der Waals surface area contributed by atoms with Gasteiger partial charge in [-0.2, -0.15) is 5.10 Å². The minimum atomic E-state index is -0.283. The van der Waals surface area contributed by atoms with Crippen LogP contribution in [0.25, 0.3) is 32.5 Å². The highest BCUT2D eigenvalue weighted by molar-refractivity contribution is 7.22. The van der Waals surface area contributed by atoms with Crippen molar-refractivity contribution in [2.45, 2.75) is 26.7 Å². The van der Waals surface area contributed by atoms with Gasteiger partial charge < -0.3 is 15.0 Å². The fourth-order valence-corrected chi connectivity index (χ4v) is 5.28. The van der Waals surface area contributed by atoms with E-state index < -0.39 is 0 Å². The molecule has 0 spiro atoms. The van der Waals surface area contributed by atoms with Crippen molar-refractivity contribution in [2.24, 2.45) is 12.5 Å². The first-order chi connectivity index (χ1) is 17.4. The molecule has 2 N–H and O–H groups in total. The van der Waals surface area contributed by atoms with Crippen LogP contribution in [-0.4, -0.2) is 56.7 Å². The van der Waals surface area contributed by atoms with Gasteiger partial charge in [0.25, 0.3) is 0 Å². The predicted molar refractivity (Wildman–Crippen MR) is 141 cm³/mol. The summed E-state index contributed by atoms with van der Waals surface area (Å²) in [6.07, 6.45) is 10.1. The Morgan fingerprint density at radius 3 is 2.53 bits per heavy atom. The molecule has 2 amide bonds. The zero-order valence-corrected chi connectivity index (χ0v) is 21.3. The number of aromatic nitrogens is 5. The second-order valence-electron chi connectivity index (χ2n) is 9.31. The fourth-order valence-electron chi connectivity index (χ4n) is 4.30. The molecule has 1 fully saturated rings. The van der Waals surface area contributed by atoms with Gasteiger partial charge in [0, 0.05) is 67.4 Å². The molecule has 4 heterocycles. The van der Waals surface area contributed by atoms with Crippen LogP contribution in [0.15, 0.2) is 36.9 Å². The first-order valence-electron chi connectivity index (χ1n) is 11.9. The van der Waals surface area contributed by atoms with Gasteiger partial charge in [-0.3, -0.25) is 10.00 Å². The van der Waals surface area contributed by atoms with Crippen LogP contribution in [0.1, 0.15) is 26.7 Å². The van der Waals surface area contributed by atoms with Crippen LogP contribution in [0.5, 0.6) is 0 Å². The number of nitrogens with one attached hydrogen (secondary N) is 2. The van der Waals surface area contributed by atoms with Crippen molar-refractivity contribution in [1.82, 2.24) is 30.0 Å². The first-order valence-corrected chi connectivity index (χ1v) is 12.7. The maximum absolute atomic E-state index is 12.0. The second-order valence-corrected chi connectivity index (χ2v) is 10.3. The van der Waals surface area contributed by atoms with Gasteiger partial charge in [-0.15, -0.1) is 0 Å². The summed E-state index contributed by atoms with van der Waals surface area (Å²) in [5, 5.41) is 10.4. The van der Waals surface area contributed by atoms with E-state index in [2.05, 4.69) is 41.7 Å². The maximum Gasteiger partial charge on any atom is 0.321 e. The molecule has 0 unspecified atom stereocenters. The molecule has 0 saturated carbocycles. The summed E-state index contributed by atoms with van der Waals surface area (Å²) in [7, 11) is 1.88. The summed E-state index contributed by atoms with van der Waals surface area (Å²) in [6.45, 7) is 5.92. The summed E-state index contributed by atoms with van der Waals surface area (Å²) in [5.74, 6) is 0.669. The number of thiazole rings is 1. The molecule has 0 atom stereocenters. The number of carbonyl (C=O) groups is 2. The zero-order valence-electron chi connectivity index (χ0n) is 20.5. The van der Waals surface area contributed by atoms with Gasteiger partial charge in [0.2, 0.25) is 5.95 Å². The highest BCUT2D eigenvalue weighted by Gasteiger charge is 2.30. The zero-order chi connectivity index (χ0) is 25.3. The molecule has 1 aliphatic heterocycles. The van der Waals surface area contributed by atoms with E-state index in [0.717, 1.165) is 64.7 Å². The molecule has 0 radical (unpaired) electrons. The highest BCUT2D eigenvalue weighted by Crippen LogP contribution is 2.38. The lowest BCUT2D eigenvalue weighted by Gasteiger charge is -2.35. The van der Waals surface area contributed by atoms with Gasteiger partial charge >= 0.3 is 6.03 Å². The SMILES string of the molecule is CCNC(=O)Nc1nc2cc(-c3cnc(N4CCC(C)(C=O)CC4)nc3)cc(-c3cnn(C)c3)c2s1. The van der Waals surface area contributed by atoms with E-state index in [1.54, 1.807) is 4.68 Å². The number of benzene rings is 1. The van der Waals surface area contributed by atoms with Crippen LogP contribution in [0, 0.1) is 5.41 Å². The Morgan fingerprint density at radius 2 is 1.89 bits per heavy atom. The van der Waals surface area contributed by atoms with Crippen molar-refractivity contribution in [3.63, 3.8) is 0 Å². The van der Waals surface area contributed by atoms with E-state index in [1.165, 1.54) is 11.3 Å². The molecular formula is C25H28N8O2S. The molecule has 0 aliphatic carbocycles. The monoisotopic (exact) mass is 504 g/mol. The van der Waals surface area contributed by atoms with E-state index in [4.69, 9.17) is 0 Å². The normalized spacial score (nSPS) is 15.1. The minimum Gasteiger partial charge on any atom is -0.341 e. The Bertz CT molecular complexity index is 1400.